The van der Waals surface area contributed by atoms with Gasteiger partial charge in [0.05, 0.1) is 5.41 Å². The van der Waals surface area contributed by atoms with Gasteiger partial charge in [0, 0.05) is 6.04 Å². The van der Waals surface area contributed by atoms with Crippen molar-refractivity contribution in [2.75, 3.05) is 0 Å². The van der Waals surface area contributed by atoms with Gasteiger partial charge in [0.15, 0.2) is 0 Å². The summed E-state index contributed by atoms with van der Waals surface area (Å²) < 4.78 is -0.891. The number of halogens is 2. The molecular weight excluding hydrogens is 209 g/mol. The average molecular weight is 222 g/mol. The van der Waals surface area contributed by atoms with Crippen molar-refractivity contribution in [3.63, 3.8) is 0 Å². The van der Waals surface area contributed by atoms with E-state index in [4.69, 9.17) is 23.2 Å². The smallest absolute Gasteiger partial charge is 0.229 e. The first-order chi connectivity index (χ1) is 5.83. The molecule has 2 unspecified atom stereocenters. The average Bonchev–Trinajstić information content (AvgIpc) is 2.52. The van der Waals surface area contributed by atoms with Crippen LogP contribution in [0.5, 0.6) is 0 Å². The minimum absolute atomic E-state index is 0.0472. The van der Waals surface area contributed by atoms with Crippen molar-refractivity contribution in [1.82, 2.24) is 5.32 Å². The Bertz CT molecular complexity index is 252. The molecule has 1 saturated carbocycles. The van der Waals surface area contributed by atoms with Crippen LogP contribution in [0.2, 0.25) is 0 Å². The maximum absolute atomic E-state index is 11.6. The lowest BCUT2D eigenvalue weighted by molar-refractivity contribution is -0.126. The molecule has 0 saturated heterocycles. The van der Waals surface area contributed by atoms with Crippen LogP contribution < -0.4 is 5.32 Å². The fraction of sp³-hybridized carbons (Fsp3) is 0.667. The van der Waals surface area contributed by atoms with E-state index in [0.29, 0.717) is 6.42 Å². The third-order valence-corrected chi connectivity index (χ3v) is 3.57. The number of carbonyl (C=O) groups is 1. The van der Waals surface area contributed by atoms with Crippen molar-refractivity contribution in [1.29, 1.82) is 0 Å². The SMILES string of the molecule is C=CC(C)NC(=O)C1(C)CC1(Cl)Cl. The Morgan fingerprint density at radius 2 is 2.15 bits per heavy atom. The molecule has 0 radical (unpaired) electrons. The molecule has 0 heterocycles. The number of hydrogen-bond donors (Lipinski definition) is 1. The highest BCUT2D eigenvalue weighted by molar-refractivity contribution is 6.53. The van der Waals surface area contributed by atoms with Gasteiger partial charge < -0.3 is 5.32 Å². The Balaban J connectivity index is 2.56. The standard InChI is InChI=1S/C9H13Cl2NO/c1-4-6(2)12-7(13)8(3)5-9(8,10)11/h4,6H,1,5H2,2-3H3,(H,12,13). The number of nitrogens with one attached hydrogen (secondary N) is 1. The van der Waals surface area contributed by atoms with Crippen molar-refractivity contribution in [2.45, 2.75) is 30.6 Å². The quantitative estimate of drug-likeness (QED) is 0.576. The van der Waals surface area contributed by atoms with Crippen LogP contribution in [0.15, 0.2) is 12.7 Å². The highest BCUT2D eigenvalue weighted by atomic mass is 35.5. The molecule has 1 aliphatic rings. The zero-order valence-electron chi connectivity index (χ0n) is 7.73. The largest absolute Gasteiger partial charge is 0.350 e. The van der Waals surface area contributed by atoms with Crippen LogP contribution in [0.3, 0.4) is 0 Å². The zero-order chi connectivity index (χ0) is 10.3. The summed E-state index contributed by atoms with van der Waals surface area (Å²) in [5.41, 5.74) is -0.632. The van der Waals surface area contributed by atoms with Gasteiger partial charge in [-0.15, -0.1) is 29.8 Å². The summed E-state index contributed by atoms with van der Waals surface area (Å²) in [6.07, 6.45) is 2.17. The molecule has 2 nitrogen and oxygen atoms in total. The molecule has 0 aromatic rings. The molecule has 1 amide bonds. The molecule has 1 rings (SSSR count). The highest BCUT2D eigenvalue weighted by Crippen LogP contribution is 2.63. The Kier molecular flexibility index (Phi) is 2.65. The fourth-order valence-corrected chi connectivity index (χ4v) is 1.78. The van der Waals surface area contributed by atoms with Gasteiger partial charge in [0.1, 0.15) is 4.33 Å². The second-order valence-electron chi connectivity index (χ2n) is 3.71. The van der Waals surface area contributed by atoms with Crippen molar-refractivity contribution >= 4 is 29.1 Å². The van der Waals surface area contributed by atoms with Gasteiger partial charge in [-0.3, -0.25) is 4.79 Å². The van der Waals surface area contributed by atoms with Crippen LogP contribution in [0.4, 0.5) is 0 Å². The minimum atomic E-state index is -0.891. The van der Waals surface area contributed by atoms with Crippen LogP contribution in [0.1, 0.15) is 20.3 Å². The van der Waals surface area contributed by atoms with Gasteiger partial charge in [-0.05, 0) is 20.3 Å². The summed E-state index contributed by atoms with van der Waals surface area (Å²) in [6, 6.07) is -0.0472. The van der Waals surface area contributed by atoms with Crippen LogP contribution in [-0.2, 0) is 4.79 Å². The van der Waals surface area contributed by atoms with E-state index in [9.17, 15) is 4.79 Å². The van der Waals surface area contributed by atoms with Gasteiger partial charge in [0.2, 0.25) is 5.91 Å². The first-order valence-corrected chi connectivity index (χ1v) is 4.90. The van der Waals surface area contributed by atoms with Crippen molar-refractivity contribution in [3.8, 4) is 0 Å². The first-order valence-electron chi connectivity index (χ1n) is 4.15. The molecule has 1 aliphatic carbocycles. The zero-order valence-corrected chi connectivity index (χ0v) is 9.24. The van der Waals surface area contributed by atoms with Crippen molar-refractivity contribution in [2.24, 2.45) is 5.41 Å². The normalized spacial score (nSPS) is 32.0. The van der Waals surface area contributed by atoms with Gasteiger partial charge in [-0.25, -0.2) is 0 Å². The molecule has 0 spiro atoms. The lowest BCUT2D eigenvalue weighted by Crippen LogP contribution is -2.38. The van der Waals surface area contributed by atoms with Crippen molar-refractivity contribution < 1.29 is 4.79 Å². The Morgan fingerprint density at radius 1 is 1.69 bits per heavy atom. The second kappa shape index (κ2) is 3.18. The molecule has 74 valence electrons. The predicted molar refractivity (Wildman–Crippen MR) is 55.0 cm³/mol. The van der Waals surface area contributed by atoms with E-state index in [1.807, 2.05) is 6.92 Å². The van der Waals surface area contributed by atoms with E-state index < -0.39 is 9.75 Å². The summed E-state index contributed by atoms with van der Waals surface area (Å²) in [6.45, 7) is 7.18. The van der Waals surface area contributed by atoms with Gasteiger partial charge in [0.25, 0.3) is 0 Å². The summed E-state index contributed by atoms with van der Waals surface area (Å²) in [5.74, 6) is -0.107. The van der Waals surface area contributed by atoms with E-state index in [-0.39, 0.29) is 11.9 Å². The van der Waals surface area contributed by atoms with E-state index in [1.54, 1.807) is 13.0 Å². The Hall–Kier alpha value is -0.210. The van der Waals surface area contributed by atoms with E-state index in [2.05, 4.69) is 11.9 Å². The maximum Gasteiger partial charge on any atom is 0.229 e. The van der Waals surface area contributed by atoms with E-state index in [1.165, 1.54) is 0 Å². The number of rotatable bonds is 3. The van der Waals surface area contributed by atoms with Crippen LogP contribution in [-0.4, -0.2) is 16.3 Å². The summed E-state index contributed by atoms with van der Waals surface area (Å²) in [7, 11) is 0. The summed E-state index contributed by atoms with van der Waals surface area (Å²) in [5, 5.41) is 2.76. The third kappa shape index (κ3) is 1.84. The molecule has 0 bridgehead atoms. The van der Waals surface area contributed by atoms with Crippen LogP contribution >= 0.6 is 23.2 Å². The minimum Gasteiger partial charge on any atom is -0.350 e. The molecule has 4 heteroatoms. The molecule has 0 aromatic heterocycles. The molecule has 1 N–H and O–H groups in total. The molecular formula is C9H13Cl2NO. The first kappa shape index (κ1) is 10.9. The molecule has 0 aliphatic heterocycles. The molecule has 2 atom stereocenters. The monoisotopic (exact) mass is 221 g/mol. The van der Waals surface area contributed by atoms with E-state index in [0.717, 1.165) is 0 Å². The highest BCUT2D eigenvalue weighted by Gasteiger charge is 2.67. The molecule has 13 heavy (non-hydrogen) atoms. The van der Waals surface area contributed by atoms with Gasteiger partial charge >= 0.3 is 0 Å². The lowest BCUT2D eigenvalue weighted by Gasteiger charge is -2.15. The van der Waals surface area contributed by atoms with Gasteiger partial charge in [-0.1, -0.05) is 6.08 Å². The van der Waals surface area contributed by atoms with Gasteiger partial charge in [-0.2, -0.15) is 0 Å². The molecule has 0 aromatic carbocycles. The maximum atomic E-state index is 11.6. The summed E-state index contributed by atoms with van der Waals surface area (Å²) >= 11 is 11.7. The Labute approximate surface area is 88.3 Å². The number of carbonyl (C=O) groups excluding carboxylic acids is 1. The second-order valence-corrected chi connectivity index (χ2v) is 5.20. The summed E-state index contributed by atoms with van der Waals surface area (Å²) in [4.78, 5) is 11.6. The number of alkyl halides is 2. The van der Waals surface area contributed by atoms with Crippen molar-refractivity contribution in [3.05, 3.63) is 12.7 Å². The third-order valence-electron chi connectivity index (χ3n) is 2.47. The fourth-order valence-electron chi connectivity index (χ4n) is 1.07. The van der Waals surface area contributed by atoms with Crippen LogP contribution in [0, 0.1) is 5.41 Å². The molecule has 1 fully saturated rings. The predicted octanol–water partition coefficient (Wildman–Crippen LogP) is 2.26. The van der Waals surface area contributed by atoms with Crippen LogP contribution in [0.25, 0.3) is 0 Å². The number of amides is 1. The van der Waals surface area contributed by atoms with E-state index >= 15 is 0 Å². The topological polar surface area (TPSA) is 29.1 Å². The Morgan fingerprint density at radius 3 is 2.46 bits per heavy atom. The lowest BCUT2D eigenvalue weighted by atomic mass is 10.1. The number of hydrogen-bond acceptors (Lipinski definition) is 1.